The fourth-order valence-electron chi connectivity index (χ4n) is 1.65. The Balaban J connectivity index is 2.46. The molecule has 1 rings (SSSR count). The Labute approximate surface area is 83.6 Å². The van der Waals surface area contributed by atoms with Crippen molar-refractivity contribution in [2.24, 2.45) is 5.41 Å². The molecule has 1 aliphatic heterocycles. The van der Waals surface area contributed by atoms with Crippen LogP contribution in [0.15, 0.2) is 0 Å². The highest BCUT2D eigenvalue weighted by molar-refractivity contribution is 5.71. The van der Waals surface area contributed by atoms with E-state index in [4.69, 9.17) is 9.47 Å². The molecule has 1 atom stereocenters. The van der Waals surface area contributed by atoms with Gasteiger partial charge in [-0.2, -0.15) is 0 Å². The second-order valence-corrected chi connectivity index (χ2v) is 4.46. The normalized spacial score (nSPS) is 25.4. The lowest BCUT2D eigenvalue weighted by atomic mass is 9.82. The minimum Gasteiger partial charge on any atom is -0.462 e. The molecule has 14 heavy (non-hydrogen) atoms. The molecule has 80 valence electrons. The number of esters is 2. The molecule has 1 unspecified atom stereocenters. The highest BCUT2D eigenvalue weighted by Gasteiger charge is 2.34. The molecular formula is C10H16O4. The summed E-state index contributed by atoms with van der Waals surface area (Å²) < 4.78 is 9.86. The minimum atomic E-state index is -0.343. The van der Waals surface area contributed by atoms with E-state index >= 15 is 0 Å². The Hall–Kier alpha value is -1.06. The SMILES string of the molecule is CC(=O)OCC1CC(C)(C)CC(=O)O1. The van der Waals surface area contributed by atoms with E-state index in [2.05, 4.69) is 0 Å². The average molecular weight is 200 g/mol. The van der Waals surface area contributed by atoms with Gasteiger partial charge in [0.05, 0.1) is 6.42 Å². The van der Waals surface area contributed by atoms with Crippen molar-refractivity contribution in [1.29, 1.82) is 0 Å². The molecule has 0 amide bonds. The number of ether oxygens (including phenoxy) is 2. The van der Waals surface area contributed by atoms with Crippen LogP contribution in [0.2, 0.25) is 0 Å². The van der Waals surface area contributed by atoms with E-state index in [0.717, 1.165) is 6.42 Å². The molecular weight excluding hydrogens is 184 g/mol. The topological polar surface area (TPSA) is 52.6 Å². The predicted octanol–water partition coefficient (Wildman–Crippen LogP) is 1.28. The zero-order chi connectivity index (χ0) is 10.8. The Bertz CT molecular complexity index is 245. The van der Waals surface area contributed by atoms with E-state index in [-0.39, 0.29) is 30.1 Å². The summed E-state index contributed by atoms with van der Waals surface area (Å²) in [5, 5.41) is 0. The maximum Gasteiger partial charge on any atom is 0.306 e. The number of carbonyl (C=O) groups excluding carboxylic acids is 2. The van der Waals surface area contributed by atoms with Crippen LogP contribution in [0, 0.1) is 5.41 Å². The molecule has 0 aromatic rings. The molecule has 0 saturated carbocycles. The van der Waals surface area contributed by atoms with Crippen LogP contribution in [-0.2, 0) is 19.1 Å². The van der Waals surface area contributed by atoms with Crippen molar-refractivity contribution in [2.75, 3.05) is 6.61 Å². The molecule has 1 fully saturated rings. The lowest BCUT2D eigenvalue weighted by molar-refractivity contribution is -0.168. The third-order valence-corrected chi connectivity index (χ3v) is 2.17. The van der Waals surface area contributed by atoms with Gasteiger partial charge in [-0.15, -0.1) is 0 Å². The zero-order valence-electron chi connectivity index (χ0n) is 8.83. The lowest BCUT2D eigenvalue weighted by Crippen LogP contribution is -2.37. The van der Waals surface area contributed by atoms with E-state index in [9.17, 15) is 9.59 Å². The maximum absolute atomic E-state index is 11.2. The van der Waals surface area contributed by atoms with Gasteiger partial charge in [0, 0.05) is 6.92 Å². The quantitative estimate of drug-likeness (QED) is 0.630. The van der Waals surface area contributed by atoms with Gasteiger partial charge in [-0.25, -0.2) is 0 Å². The molecule has 0 aliphatic carbocycles. The predicted molar refractivity (Wildman–Crippen MR) is 49.5 cm³/mol. The summed E-state index contributed by atoms with van der Waals surface area (Å²) in [6.07, 6.45) is 0.894. The summed E-state index contributed by atoms with van der Waals surface area (Å²) in [5.74, 6) is -0.553. The number of hydrogen-bond donors (Lipinski definition) is 0. The molecule has 4 nitrogen and oxygen atoms in total. The summed E-state index contributed by atoms with van der Waals surface area (Å²) in [6.45, 7) is 5.53. The van der Waals surface area contributed by atoms with Crippen LogP contribution in [0.4, 0.5) is 0 Å². The number of rotatable bonds is 2. The van der Waals surface area contributed by atoms with Gasteiger partial charge in [-0.3, -0.25) is 9.59 Å². The third kappa shape index (κ3) is 3.36. The Morgan fingerprint density at radius 2 is 2.29 bits per heavy atom. The van der Waals surface area contributed by atoms with Crippen molar-refractivity contribution < 1.29 is 19.1 Å². The van der Waals surface area contributed by atoms with Crippen LogP contribution in [0.5, 0.6) is 0 Å². The van der Waals surface area contributed by atoms with E-state index in [1.165, 1.54) is 6.92 Å². The lowest BCUT2D eigenvalue weighted by Gasteiger charge is -2.33. The van der Waals surface area contributed by atoms with Crippen LogP contribution < -0.4 is 0 Å². The first-order valence-corrected chi connectivity index (χ1v) is 4.72. The number of cyclic esters (lactones) is 1. The van der Waals surface area contributed by atoms with Crippen LogP contribution in [0.25, 0.3) is 0 Å². The van der Waals surface area contributed by atoms with Crippen LogP contribution in [-0.4, -0.2) is 24.6 Å². The van der Waals surface area contributed by atoms with Gasteiger partial charge >= 0.3 is 11.9 Å². The summed E-state index contributed by atoms with van der Waals surface area (Å²) >= 11 is 0. The van der Waals surface area contributed by atoms with Gasteiger partial charge < -0.3 is 9.47 Å². The third-order valence-electron chi connectivity index (χ3n) is 2.17. The van der Waals surface area contributed by atoms with Crippen molar-refractivity contribution >= 4 is 11.9 Å². The largest absolute Gasteiger partial charge is 0.462 e. The highest BCUT2D eigenvalue weighted by atomic mass is 16.6. The zero-order valence-corrected chi connectivity index (χ0v) is 8.83. The van der Waals surface area contributed by atoms with E-state index in [1.54, 1.807) is 0 Å². The fourth-order valence-corrected chi connectivity index (χ4v) is 1.65. The molecule has 0 N–H and O–H groups in total. The minimum absolute atomic E-state index is 0.0554. The second-order valence-electron chi connectivity index (χ2n) is 4.46. The van der Waals surface area contributed by atoms with E-state index < -0.39 is 0 Å². The number of carbonyl (C=O) groups is 2. The molecule has 0 aromatic carbocycles. The van der Waals surface area contributed by atoms with Crippen molar-refractivity contribution in [2.45, 2.75) is 39.7 Å². The first-order valence-electron chi connectivity index (χ1n) is 4.72. The van der Waals surface area contributed by atoms with Gasteiger partial charge in [-0.05, 0) is 11.8 Å². The fraction of sp³-hybridized carbons (Fsp3) is 0.800. The van der Waals surface area contributed by atoms with E-state index in [1.807, 2.05) is 13.8 Å². The summed E-state index contributed by atoms with van der Waals surface area (Å²) in [7, 11) is 0. The van der Waals surface area contributed by atoms with Crippen LogP contribution in [0.1, 0.15) is 33.6 Å². The van der Waals surface area contributed by atoms with Crippen molar-refractivity contribution in [3.8, 4) is 0 Å². The molecule has 1 aliphatic rings. The van der Waals surface area contributed by atoms with E-state index in [0.29, 0.717) is 6.42 Å². The molecule has 1 heterocycles. The molecule has 0 radical (unpaired) electrons. The monoisotopic (exact) mass is 200 g/mol. The Kier molecular flexibility index (Phi) is 3.13. The Morgan fingerprint density at radius 3 is 2.79 bits per heavy atom. The molecule has 1 saturated heterocycles. The van der Waals surface area contributed by atoms with Gasteiger partial charge in [0.1, 0.15) is 12.7 Å². The van der Waals surface area contributed by atoms with Crippen LogP contribution >= 0.6 is 0 Å². The molecule has 4 heteroatoms. The van der Waals surface area contributed by atoms with Crippen molar-refractivity contribution in [3.05, 3.63) is 0 Å². The smallest absolute Gasteiger partial charge is 0.306 e. The first kappa shape index (κ1) is 11.0. The molecule has 0 spiro atoms. The maximum atomic E-state index is 11.2. The second kappa shape index (κ2) is 3.98. The van der Waals surface area contributed by atoms with Crippen molar-refractivity contribution in [1.82, 2.24) is 0 Å². The number of hydrogen-bond acceptors (Lipinski definition) is 4. The van der Waals surface area contributed by atoms with Gasteiger partial charge in [-0.1, -0.05) is 13.8 Å². The van der Waals surface area contributed by atoms with Gasteiger partial charge in [0.15, 0.2) is 0 Å². The Morgan fingerprint density at radius 1 is 1.64 bits per heavy atom. The molecule has 0 aromatic heterocycles. The summed E-state index contributed by atoms with van der Waals surface area (Å²) in [4.78, 5) is 21.7. The summed E-state index contributed by atoms with van der Waals surface area (Å²) in [5.41, 5.74) is -0.0554. The van der Waals surface area contributed by atoms with Crippen LogP contribution in [0.3, 0.4) is 0 Å². The standard InChI is InChI=1S/C10H16O4/c1-7(11)13-6-8-4-10(2,3)5-9(12)14-8/h8H,4-6H2,1-3H3. The van der Waals surface area contributed by atoms with Crippen molar-refractivity contribution in [3.63, 3.8) is 0 Å². The highest BCUT2D eigenvalue weighted by Crippen LogP contribution is 2.32. The average Bonchev–Trinajstić information content (AvgIpc) is 1.96. The summed E-state index contributed by atoms with van der Waals surface area (Å²) in [6, 6.07) is 0. The van der Waals surface area contributed by atoms with Gasteiger partial charge in [0.25, 0.3) is 0 Å². The first-order chi connectivity index (χ1) is 6.39. The van der Waals surface area contributed by atoms with Gasteiger partial charge in [0.2, 0.25) is 0 Å². The molecule has 0 bridgehead atoms.